The van der Waals surface area contributed by atoms with Gasteiger partial charge in [0, 0.05) is 16.6 Å². The molecule has 1 aromatic rings. The van der Waals surface area contributed by atoms with Crippen molar-refractivity contribution in [3.8, 4) is 0 Å². The molecule has 0 saturated carbocycles. The summed E-state index contributed by atoms with van der Waals surface area (Å²) < 4.78 is 29.3. The molecule has 1 N–H and O–H groups in total. The predicted molar refractivity (Wildman–Crippen MR) is 110 cm³/mol. The van der Waals surface area contributed by atoms with Gasteiger partial charge in [-0.05, 0) is 11.1 Å². The highest BCUT2D eigenvalue weighted by Crippen LogP contribution is 2.56. The van der Waals surface area contributed by atoms with E-state index in [1.165, 1.54) is 5.56 Å². The molecule has 0 bridgehead atoms. The molecule has 26 heavy (non-hydrogen) atoms. The van der Waals surface area contributed by atoms with E-state index in [0.717, 1.165) is 11.3 Å². The van der Waals surface area contributed by atoms with Crippen molar-refractivity contribution in [3.63, 3.8) is 0 Å². The summed E-state index contributed by atoms with van der Waals surface area (Å²) in [5.41, 5.74) is 1.89. The van der Waals surface area contributed by atoms with Crippen LogP contribution in [0.2, 0.25) is 0 Å². The van der Waals surface area contributed by atoms with Gasteiger partial charge in [0.1, 0.15) is 0 Å². The van der Waals surface area contributed by atoms with Crippen LogP contribution in [-0.4, -0.2) is 31.5 Å². The lowest BCUT2D eigenvalue weighted by Crippen LogP contribution is -2.29. The highest BCUT2D eigenvalue weighted by atomic mass is 32.7. The Morgan fingerprint density at radius 1 is 1.23 bits per heavy atom. The maximum Gasteiger partial charge on any atom is 0.335 e. The van der Waals surface area contributed by atoms with Crippen LogP contribution < -0.4 is 0 Å². The van der Waals surface area contributed by atoms with Crippen molar-refractivity contribution in [1.29, 1.82) is 0 Å². The average Bonchev–Trinajstić information content (AvgIpc) is 2.59. The van der Waals surface area contributed by atoms with E-state index in [4.69, 9.17) is 13.6 Å². The van der Waals surface area contributed by atoms with E-state index in [9.17, 15) is 9.67 Å². The van der Waals surface area contributed by atoms with E-state index in [-0.39, 0.29) is 17.4 Å². The van der Waals surface area contributed by atoms with Crippen LogP contribution in [0, 0.1) is 10.8 Å². The van der Waals surface area contributed by atoms with E-state index in [1.54, 1.807) is 11.4 Å². The van der Waals surface area contributed by atoms with Crippen LogP contribution in [0.25, 0.3) is 0 Å². The van der Waals surface area contributed by atoms with Gasteiger partial charge in [0.05, 0.1) is 40.6 Å². The zero-order chi connectivity index (χ0) is 19.3. The van der Waals surface area contributed by atoms with Gasteiger partial charge in [-0.3, -0.25) is 4.57 Å². The van der Waals surface area contributed by atoms with Crippen molar-refractivity contribution in [3.05, 3.63) is 35.4 Å². The SMILES string of the molecule is CC(C)(CO)COPSCc1ccc(CP2(=O)OCC(C)(C)CO2)cc1. The van der Waals surface area contributed by atoms with Gasteiger partial charge in [0.2, 0.25) is 0 Å². The lowest BCUT2D eigenvalue weighted by atomic mass is 9.97. The van der Waals surface area contributed by atoms with Crippen molar-refractivity contribution < 1.29 is 23.2 Å². The quantitative estimate of drug-likeness (QED) is 0.436. The van der Waals surface area contributed by atoms with Crippen LogP contribution in [0.5, 0.6) is 0 Å². The average molecular weight is 420 g/mol. The summed E-state index contributed by atoms with van der Waals surface area (Å²) in [7, 11) is -2.68. The second-order valence-electron chi connectivity index (χ2n) is 8.28. The van der Waals surface area contributed by atoms with Crippen molar-refractivity contribution in [2.75, 3.05) is 26.4 Å². The maximum atomic E-state index is 12.6. The summed E-state index contributed by atoms with van der Waals surface area (Å²) in [6.45, 7) is 9.65. The standard InChI is InChI=1S/C18H30O5P2S/c1-17(2,11-19)12-21-24-26-10-16-7-5-15(6-8-16)9-25(20)22-13-18(3,4)14-23-25/h5-8,19,24H,9-14H2,1-4H3. The summed E-state index contributed by atoms with van der Waals surface area (Å²) in [6.07, 6.45) is 0.317. The third-order valence-electron chi connectivity index (χ3n) is 3.95. The van der Waals surface area contributed by atoms with Crippen LogP contribution in [0.4, 0.5) is 0 Å². The Hall–Kier alpha value is 0.0700. The first kappa shape index (κ1) is 22.4. The smallest absolute Gasteiger partial charge is 0.335 e. The fourth-order valence-electron chi connectivity index (χ4n) is 2.11. The minimum atomic E-state index is -3.02. The number of aliphatic hydroxyl groups excluding tert-OH is 1. The molecule has 1 saturated heterocycles. The van der Waals surface area contributed by atoms with Gasteiger partial charge >= 0.3 is 7.60 Å². The molecule has 0 radical (unpaired) electrons. The normalized spacial score (nSPS) is 19.9. The Morgan fingerprint density at radius 2 is 1.81 bits per heavy atom. The molecule has 0 aliphatic carbocycles. The topological polar surface area (TPSA) is 65.0 Å². The lowest BCUT2D eigenvalue weighted by molar-refractivity contribution is 0.0409. The molecule has 1 heterocycles. The monoisotopic (exact) mass is 420 g/mol. The number of rotatable bonds is 9. The Labute approximate surface area is 162 Å². The number of benzene rings is 1. The van der Waals surface area contributed by atoms with Crippen molar-refractivity contribution in [2.24, 2.45) is 10.8 Å². The Morgan fingerprint density at radius 3 is 2.38 bits per heavy atom. The highest BCUT2D eigenvalue weighted by Gasteiger charge is 2.36. The highest BCUT2D eigenvalue weighted by molar-refractivity contribution is 8.47. The third-order valence-corrected chi connectivity index (χ3v) is 7.75. The summed E-state index contributed by atoms with van der Waals surface area (Å²) in [5.74, 6) is 0.858. The molecular formula is C18H30O5P2S. The first-order chi connectivity index (χ1) is 12.1. The van der Waals surface area contributed by atoms with Gasteiger partial charge in [-0.2, -0.15) is 0 Å². The summed E-state index contributed by atoms with van der Waals surface area (Å²) >= 11 is 1.72. The molecule has 0 amide bonds. The number of hydrogen-bond acceptors (Lipinski definition) is 6. The first-order valence-electron chi connectivity index (χ1n) is 8.69. The van der Waals surface area contributed by atoms with Crippen molar-refractivity contribution in [1.82, 2.24) is 0 Å². The summed E-state index contributed by atoms with van der Waals surface area (Å²) in [4.78, 5) is 0. The summed E-state index contributed by atoms with van der Waals surface area (Å²) in [5, 5.41) is 9.19. The second kappa shape index (κ2) is 9.52. The molecule has 1 fully saturated rings. The van der Waals surface area contributed by atoms with E-state index < -0.39 is 7.60 Å². The lowest BCUT2D eigenvalue weighted by Gasteiger charge is -2.34. The molecule has 1 unspecified atom stereocenters. The molecule has 1 aliphatic heterocycles. The van der Waals surface area contributed by atoms with Gasteiger partial charge in [-0.1, -0.05) is 52.0 Å². The maximum absolute atomic E-state index is 12.6. The molecule has 8 heteroatoms. The van der Waals surface area contributed by atoms with Gasteiger partial charge in [0.25, 0.3) is 0 Å². The van der Waals surface area contributed by atoms with Crippen molar-refractivity contribution in [2.45, 2.75) is 39.6 Å². The van der Waals surface area contributed by atoms with Crippen LogP contribution in [0.3, 0.4) is 0 Å². The molecule has 2 rings (SSSR count). The Balaban J connectivity index is 1.74. The largest absolute Gasteiger partial charge is 0.396 e. The molecular weight excluding hydrogens is 390 g/mol. The van der Waals surface area contributed by atoms with Gasteiger partial charge < -0.3 is 18.7 Å². The second-order valence-corrected chi connectivity index (χ2v) is 12.7. The molecule has 0 aromatic heterocycles. The fourth-order valence-corrected chi connectivity index (χ4v) is 6.17. The molecule has 1 atom stereocenters. The van der Waals surface area contributed by atoms with Crippen LogP contribution in [0.1, 0.15) is 38.8 Å². The number of hydrogen-bond donors (Lipinski definition) is 1. The van der Waals surface area contributed by atoms with E-state index in [2.05, 4.69) is 0 Å². The minimum Gasteiger partial charge on any atom is -0.396 e. The molecule has 1 aromatic carbocycles. The fraction of sp³-hybridized carbons (Fsp3) is 0.667. The minimum absolute atomic E-state index is 0.0791. The van der Waals surface area contributed by atoms with E-state index in [0.29, 0.717) is 34.0 Å². The van der Waals surface area contributed by atoms with E-state index >= 15 is 0 Å². The van der Waals surface area contributed by atoms with E-state index in [1.807, 2.05) is 52.0 Å². The van der Waals surface area contributed by atoms with Gasteiger partial charge in [0.15, 0.2) is 0 Å². The Bertz CT molecular complexity index is 605. The molecule has 148 valence electrons. The van der Waals surface area contributed by atoms with Crippen molar-refractivity contribution >= 4 is 27.0 Å². The van der Waals surface area contributed by atoms with Crippen LogP contribution in [0.15, 0.2) is 24.3 Å². The third kappa shape index (κ3) is 7.59. The van der Waals surface area contributed by atoms with Crippen LogP contribution in [-0.2, 0) is 30.1 Å². The summed E-state index contributed by atoms with van der Waals surface area (Å²) in [6, 6.07) is 8.07. The van der Waals surface area contributed by atoms with Gasteiger partial charge in [-0.15, -0.1) is 11.4 Å². The molecule has 5 nitrogen and oxygen atoms in total. The zero-order valence-electron chi connectivity index (χ0n) is 16.0. The number of aliphatic hydroxyl groups is 1. The molecule has 0 spiro atoms. The van der Waals surface area contributed by atoms with Gasteiger partial charge in [-0.25, -0.2) is 0 Å². The molecule has 1 aliphatic rings. The predicted octanol–water partition coefficient (Wildman–Crippen LogP) is 5.23. The van der Waals surface area contributed by atoms with Crippen LogP contribution >= 0.6 is 27.0 Å². The zero-order valence-corrected chi connectivity index (χ0v) is 18.7. The Kier molecular flexibility index (Phi) is 8.18. The first-order valence-corrected chi connectivity index (χ1v) is 13.0.